The second-order valence-electron chi connectivity index (χ2n) is 8.98. The third-order valence-corrected chi connectivity index (χ3v) is 6.71. The van der Waals surface area contributed by atoms with E-state index in [2.05, 4.69) is 29.3 Å². The summed E-state index contributed by atoms with van der Waals surface area (Å²) in [7, 11) is 0. The number of piperidine rings is 1. The number of nitrogens with zero attached hydrogens (tertiary/aromatic N) is 1. The van der Waals surface area contributed by atoms with E-state index in [4.69, 9.17) is 0 Å². The molecule has 1 aromatic rings. The van der Waals surface area contributed by atoms with E-state index in [9.17, 15) is 9.59 Å². The molecule has 2 saturated carbocycles. The molecule has 1 aromatic carbocycles. The molecule has 1 N–H and O–H groups in total. The largest absolute Gasteiger partial charge is 0.342 e. The topological polar surface area (TPSA) is 49.4 Å². The van der Waals surface area contributed by atoms with Crippen LogP contribution in [0.25, 0.3) is 0 Å². The summed E-state index contributed by atoms with van der Waals surface area (Å²) in [5.41, 5.74) is 1.62. The van der Waals surface area contributed by atoms with E-state index in [1.54, 1.807) is 0 Å². The Morgan fingerprint density at radius 1 is 1.00 bits per heavy atom. The third-order valence-electron chi connectivity index (χ3n) is 6.71. The number of amides is 2. The molecule has 2 amide bonds. The Labute approximate surface area is 162 Å². The van der Waals surface area contributed by atoms with Crippen molar-refractivity contribution in [1.29, 1.82) is 0 Å². The molecule has 1 heterocycles. The highest BCUT2D eigenvalue weighted by Gasteiger charge is 2.44. The summed E-state index contributed by atoms with van der Waals surface area (Å²) in [5.74, 6) is 1.28. The number of carbonyl (C=O) groups excluding carboxylic acids is 2. The van der Waals surface area contributed by atoms with Gasteiger partial charge in [0.1, 0.15) is 0 Å². The van der Waals surface area contributed by atoms with Crippen LogP contribution < -0.4 is 5.32 Å². The first-order chi connectivity index (χ1) is 13.1. The normalized spacial score (nSPS) is 25.1. The summed E-state index contributed by atoms with van der Waals surface area (Å²) in [6.45, 7) is 4.06. The molecule has 0 radical (unpaired) electrons. The van der Waals surface area contributed by atoms with Crippen LogP contribution in [-0.2, 0) is 15.0 Å². The minimum Gasteiger partial charge on any atom is -0.342 e. The monoisotopic (exact) mass is 368 g/mol. The number of carbonyl (C=O) groups is 2. The fourth-order valence-corrected chi connectivity index (χ4v) is 4.92. The molecule has 3 aliphatic rings. The molecule has 146 valence electrons. The highest BCUT2D eigenvalue weighted by molar-refractivity contribution is 5.94. The quantitative estimate of drug-likeness (QED) is 0.851. The maximum absolute atomic E-state index is 13.6. The van der Waals surface area contributed by atoms with Crippen molar-refractivity contribution in [3.8, 4) is 0 Å². The van der Waals surface area contributed by atoms with Crippen LogP contribution in [-0.4, -0.2) is 29.8 Å². The van der Waals surface area contributed by atoms with Gasteiger partial charge in [0, 0.05) is 24.7 Å². The third kappa shape index (κ3) is 3.90. The molecule has 27 heavy (non-hydrogen) atoms. The average molecular weight is 369 g/mol. The van der Waals surface area contributed by atoms with Crippen molar-refractivity contribution in [2.75, 3.05) is 18.4 Å². The summed E-state index contributed by atoms with van der Waals surface area (Å²) < 4.78 is 0. The average Bonchev–Trinajstić information content (AvgIpc) is 3.54. The maximum atomic E-state index is 13.6. The lowest BCUT2D eigenvalue weighted by Crippen LogP contribution is -2.51. The van der Waals surface area contributed by atoms with Crippen molar-refractivity contribution in [3.63, 3.8) is 0 Å². The molecule has 4 nitrogen and oxygen atoms in total. The van der Waals surface area contributed by atoms with Crippen LogP contribution in [0, 0.1) is 11.8 Å². The van der Waals surface area contributed by atoms with Gasteiger partial charge in [-0.1, -0.05) is 38.3 Å². The van der Waals surface area contributed by atoms with E-state index in [0.29, 0.717) is 11.8 Å². The number of likely N-dealkylation sites (tertiary alicyclic amines) is 1. The Kier molecular flexibility index (Phi) is 5.25. The molecular weight excluding hydrogens is 336 g/mol. The zero-order valence-electron chi connectivity index (χ0n) is 16.5. The summed E-state index contributed by atoms with van der Waals surface area (Å²) >= 11 is 0. The zero-order chi connectivity index (χ0) is 18.9. The van der Waals surface area contributed by atoms with Crippen LogP contribution in [0.15, 0.2) is 24.3 Å². The van der Waals surface area contributed by atoms with E-state index in [1.165, 1.54) is 12.8 Å². The van der Waals surface area contributed by atoms with Gasteiger partial charge in [0.05, 0.1) is 5.41 Å². The smallest absolute Gasteiger partial charge is 0.233 e. The van der Waals surface area contributed by atoms with Crippen LogP contribution in [0.4, 0.5) is 5.69 Å². The number of nitrogens with one attached hydrogen (secondary N) is 1. The van der Waals surface area contributed by atoms with Crippen molar-refractivity contribution in [2.45, 2.75) is 70.1 Å². The van der Waals surface area contributed by atoms with Gasteiger partial charge in [-0.3, -0.25) is 9.59 Å². The van der Waals surface area contributed by atoms with Gasteiger partial charge in [0.2, 0.25) is 11.8 Å². The Morgan fingerprint density at radius 2 is 1.70 bits per heavy atom. The Balaban J connectivity index is 1.55. The van der Waals surface area contributed by atoms with Crippen LogP contribution >= 0.6 is 0 Å². The van der Waals surface area contributed by atoms with Crippen molar-refractivity contribution in [1.82, 2.24) is 4.90 Å². The molecule has 1 atom stereocenters. The van der Waals surface area contributed by atoms with Crippen molar-refractivity contribution in [3.05, 3.63) is 29.8 Å². The summed E-state index contributed by atoms with van der Waals surface area (Å²) in [6.07, 6.45) is 9.73. The summed E-state index contributed by atoms with van der Waals surface area (Å²) in [4.78, 5) is 27.8. The first-order valence-electron chi connectivity index (χ1n) is 10.8. The molecule has 1 unspecified atom stereocenters. The van der Waals surface area contributed by atoms with E-state index >= 15 is 0 Å². The zero-order valence-corrected chi connectivity index (χ0v) is 16.5. The van der Waals surface area contributed by atoms with Crippen LogP contribution in [0.3, 0.4) is 0 Å². The fourth-order valence-electron chi connectivity index (χ4n) is 4.92. The lowest BCUT2D eigenvalue weighted by Gasteiger charge is -2.42. The second kappa shape index (κ2) is 7.65. The molecule has 4 rings (SSSR count). The van der Waals surface area contributed by atoms with Crippen LogP contribution in [0.5, 0.6) is 0 Å². The van der Waals surface area contributed by atoms with Crippen molar-refractivity contribution < 1.29 is 9.59 Å². The second-order valence-corrected chi connectivity index (χ2v) is 8.98. The van der Waals surface area contributed by atoms with Gasteiger partial charge in [0.15, 0.2) is 0 Å². The van der Waals surface area contributed by atoms with Crippen molar-refractivity contribution >= 4 is 17.5 Å². The molecule has 0 spiro atoms. The van der Waals surface area contributed by atoms with Gasteiger partial charge in [-0.05, 0) is 62.1 Å². The number of hydrogen-bond acceptors (Lipinski definition) is 2. The predicted molar refractivity (Wildman–Crippen MR) is 108 cm³/mol. The summed E-state index contributed by atoms with van der Waals surface area (Å²) in [6, 6.07) is 8.13. The van der Waals surface area contributed by atoms with Crippen LogP contribution in [0.1, 0.15) is 70.3 Å². The molecular formula is C23H32N2O2. The van der Waals surface area contributed by atoms with Crippen LogP contribution in [0.2, 0.25) is 0 Å². The molecule has 1 aliphatic heterocycles. The summed E-state index contributed by atoms with van der Waals surface area (Å²) in [5, 5.41) is 3.01. The Bertz CT molecular complexity index is 687. The van der Waals surface area contributed by atoms with E-state index in [-0.39, 0.29) is 17.2 Å². The Hall–Kier alpha value is -1.84. The van der Waals surface area contributed by atoms with Gasteiger partial charge in [0.25, 0.3) is 0 Å². The minimum absolute atomic E-state index is 0.133. The van der Waals surface area contributed by atoms with E-state index < -0.39 is 0 Å². The van der Waals surface area contributed by atoms with Gasteiger partial charge in [-0.2, -0.15) is 0 Å². The minimum atomic E-state index is -0.367. The van der Waals surface area contributed by atoms with Gasteiger partial charge >= 0.3 is 0 Å². The Morgan fingerprint density at radius 3 is 2.33 bits per heavy atom. The lowest BCUT2D eigenvalue weighted by atomic mass is 9.68. The van der Waals surface area contributed by atoms with Gasteiger partial charge < -0.3 is 10.2 Å². The van der Waals surface area contributed by atoms with E-state index in [0.717, 1.165) is 69.3 Å². The first-order valence-corrected chi connectivity index (χ1v) is 10.8. The standard InChI is InChI=1S/C23H32N2O2/c1-17-6-5-15-25(16-17)22(27)23(13-3-2-4-14-23)19-9-11-20(12-10-19)24-21(26)18-7-8-18/h9-12,17-18H,2-8,13-16H2,1H3,(H,24,26). The molecule has 3 fully saturated rings. The van der Waals surface area contributed by atoms with Gasteiger partial charge in [-0.25, -0.2) is 0 Å². The fraction of sp³-hybridized carbons (Fsp3) is 0.652. The predicted octanol–water partition coefficient (Wildman–Crippen LogP) is 4.50. The number of benzene rings is 1. The number of anilines is 1. The molecule has 2 aliphatic carbocycles. The SMILES string of the molecule is CC1CCCN(C(=O)C2(c3ccc(NC(=O)C4CC4)cc3)CCCCC2)C1. The molecule has 4 heteroatoms. The molecule has 0 aromatic heterocycles. The maximum Gasteiger partial charge on any atom is 0.233 e. The first kappa shape index (κ1) is 18.5. The molecule has 0 bridgehead atoms. The number of rotatable bonds is 4. The van der Waals surface area contributed by atoms with Crippen molar-refractivity contribution in [2.24, 2.45) is 11.8 Å². The number of hydrogen-bond donors (Lipinski definition) is 1. The van der Waals surface area contributed by atoms with Gasteiger partial charge in [-0.15, -0.1) is 0 Å². The highest BCUT2D eigenvalue weighted by atomic mass is 16.2. The molecule has 1 saturated heterocycles. The lowest BCUT2D eigenvalue weighted by molar-refractivity contribution is -0.140. The highest BCUT2D eigenvalue weighted by Crippen LogP contribution is 2.42. The van der Waals surface area contributed by atoms with E-state index in [1.807, 2.05) is 12.1 Å².